The molecule has 3 rings (SSSR count). The van der Waals surface area contributed by atoms with Crippen LogP contribution in [0.3, 0.4) is 0 Å². The van der Waals surface area contributed by atoms with E-state index >= 15 is 0 Å². The highest BCUT2D eigenvalue weighted by Crippen LogP contribution is 2.30. The quantitative estimate of drug-likeness (QED) is 0.134. The van der Waals surface area contributed by atoms with Gasteiger partial charge < -0.3 is 20.1 Å². The third-order valence-electron chi connectivity index (χ3n) is 5.72. The average Bonchev–Trinajstić information content (AvgIpc) is 2.95. The SMILES string of the molecule is CCCCCOc1ccc(C(NC(=O)c2cccc([N+](=O)[O-])c2)NC(=O)c2cccc([N+](=O)[O-])c2)cc1OC. The van der Waals surface area contributed by atoms with Crippen LogP contribution in [-0.2, 0) is 0 Å². The van der Waals surface area contributed by atoms with Crippen molar-refractivity contribution in [1.29, 1.82) is 0 Å². The number of methoxy groups -OCH3 is 1. The van der Waals surface area contributed by atoms with Gasteiger partial charge in [-0.05, 0) is 36.2 Å². The summed E-state index contributed by atoms with van der Waals surface area (Å²) in [5, 5.41) is 27.6. The van der Waals surface area contributed by atoms with Crippen molar-refractivity contribution in [3.05, 3.63) is 104 Å². The highest BCUT2D eigenvalue weighted by molar-refractivity contribution is 5.97. The lowest BCUT2D eigenvalue weighted by molar-refractivity contribution is -0.385. The highest BCUT2D eigenvalue weighted by atomic mass is 16.6. The molecule has 0 aliphatic carbocycles. The lowest BCUT2D eigenvalue weighted by atomic mass is 10.1. The number of nitro groups is 2. The molecular formula is C27H28N4O8. The molecule has 0 spiro atoms. The molecule has 39 heavy (non-hydrogen) atoms. The number of unbranched alkanes of at least 4 members (excludes halogenated alkanes) is 2. The second kappa shape index (κ2) is 13.5. The predicted octanol–water partition coefficient (Wildman–Crippen LogP) is 4.94. The van der Waals surface area contributed by atoms with Crippen LogP contribution in [0.2, 0.25) is 0 Å². The van der Waals surface area contributed by atoms with Gasteiger partial charge in [0, 0.05) is 35.4 Å². The molecule has 0 fully saturated rings. The summed E-state index contributed by atoms with van der Waals surface area (Å²) in [7, 11) is 1.45. The van der Waals surface area contributed by atoms with Crippen molar-refractivity contribution in [2.75, 3.05) is 13.7 Å². The second-order valence-electron chi connectivity index (χ2n) is 8.46. The fraction of sp³-hybridized carbons (Fsp3) is 0.259. The Morgan fingerprint density at radius 2 is 1.38 bits per heavy atom. The molecule has 2 amide bonds. The normalized spacial score (nSPS) is 10.5. The Morgan fingerprint density at radius 3 is 1.87 bits per heavy atom. The number of benzene rings is 3. The van der Waals surface area contributed by atoms with Gasteiger partial charge in [-0.15, -0.1) is 0 Å². The number of carbonyl (C=O) groups excluding carboxylic acids is 2. The molecule has 3 aromatic rings. The topological polar surface area (TPSA) is 163 Å². The molecule has 0 aromatic heterocycles. The van der Waals surface area contributed by atoms with Crippen LogP contribution in [0, 0.1) is 20.2 Å². The van der Waals surface area contributed by atoms with E-state index < -0.39 is 27.8 Å². The zero-order chi connectivity index (χ0) is 28.4. The van der Waals surface area contributed by atoms with E-state index in [9.17, 15) is 29.8 Å². The standard InChI is InChI=1S/C27H28N4O8/c1-3-4-5-14-39-23-13-12-18(17-24(23)38-2)25(28-26(32)19-8-6-10-21(15-19)30(34)35)29-27(33)20-9-7-11-22(16-20)31(36)37/h6-13,15-17,25H,3-5,14H2,1-2H3,(H,28,32)(H,29,33). The van der Waals surface area contributed by atoms with Crippen LogP contribution in [0.1, 0.15) is 58.6 Å². The Kier molecular flexibility index (Phi) is 9.90. The molecule has 3 aromatic carbocycles. The number of nitrogens with one attached hydrogen (secondary N) is 2. The van der Waals surface area contributed by atoms with Crippen LogP contribution in [0.4, 0.5) is 11.4 Å². The van der Waals surface area contributed by atoms with E-state index in [-0.39, 0.29) is 22.5 Å². The number of carbonyl (C=O) groups is 2. The Labute approximate surface area is 224 Å². The molecule has 0 saturated carbocycles. The van der Waals surface area contributed by atoms with Crippen molar-refractivity contribution in [2.24, 2.45) is 0 Å². The first-order valence-corrected chi connectivity index (χ1v) is 12.1. The van der Waals surface area contributed by atoms with Gasteiger partial charge >= 0.3 is 0 Å². The van der Waals surface area contributed by atoms with E-state index in [2.05, 4.69) is 17.6 Å². The maximum atomic E-state index is 13.1. The number of amides is 2. The van der Waals surface area contributed by atoms with Crippen molar-refractivity contribution in [2.45, 2.75) is 32.4 Å². The first-order valence-electron chi connectivity index (χ1n) is 12.1. The third kappa shape index (κ3) is 7.74. The number of non-ortho nitro benzene ring substituents is 2. The van der Waals surface area contributed by atoms with E-state index in [1.807, 2.05) is 0 Å². The fourth-order valence-corrected chi connectivity index (χ4v) is 3.67. The molecule has 0 bridgehead atoms. The number of nitrogens with zero attached hydrogens (tertiary/aromatic N) is 2. The van der Waals surface area contributed by atoms with Gasteiger partial charge in [-0.1, -0.05) is 38.0 Å². The fourth-order valence-electron chi connectivity index (χ4n) is 3.67. The summed E-state index contributed by atoms with van der Waals surface area (Å²) in [6.45, 7) is 2.57. The largest absolute Gasteiger partial charge is 0.493 e. The van der Waals surface area contributed by atoms with Gasteiger partial charge in [0.15, 0.2) is 11.5 Å². The van der Waals surface area contributed by atoms with Crippen molar-refractivity contribution >= 4 is 23.2 Å². The molecule has 0 radical (unpaired) electrons. The Balaban J connectivity index is 1.92. The van der Waals surface area contributed by atoms with Crippen molar-refractivity contribution in [3.8, 4) is 11.5 Å². The average molecular weight is 537 g/mol. The Hall–Kier alpha value is -5.00. The summed E-state index contributed by atoms with van der Waals surface area (Å²) in [6.07, 6.45) is 1.78. The molecule has 12 heteroatoms. The van der Waals surface area contributed by atoms with E-state index in [1.54, 1.807) is 18.2 Å². The zero-order valence-corrected chi connectivity index (χ0v) is 21.4. The summed E-state index contributed by atoms with van der Waals surface area (Å²) in [6, 6.07) is 15.1. The minimum Gasteiger partial charge on any atom is -0.493 e. The molecule has 0 aliphatic rings. The van der Waals surface area contributed by atoms with E-state index in [0.717, 1.165) is 31.4 Å². The van der Waals surface area contributed by atoms with Gasteiger partial charge in [-0.3, -0.25) is 29.8 Å². The number of hydrogen-bond donors (Lipinski definition) is 2. The summed E-state index contributed by atoms with van der Waals surface area (Å²) >= 11 is 0. The van der Waals surface area contributed by atoms with Crippen LogP contribution in [0.15, 0.2) is 66.7 Å². The summed E-state index contributed by atoms with van der Waals surface area (Å²) < 4.78 is 11.3. The second-order valence-corrected chi connectivity index (χ2v) is 8.46. The number of ether oxygens (including phenoxy) is 2. The van der Waals surface area contributed by atoms with Crippen LogP contribution >= 0.6 is 0 Å². The molecule has 2 N–H and O–H groups in total. The predicted molar refractivity (Wildman–Crippen MR) is 142 cm³/mol. The van der Waals surface area contributed by atoms with E-state index in [0.29, 0.717) is 23.7 Å². The molecule has 0 unspecified atom stereocenters. The molecule has 12 nitrogen and oxygen atoms in total. The van der Waals surface area contributed by atoms with Crippen molar-refractivity contribution < 1.29 is 28.9 Å². The highest BCUT2D eigenvalue weighted by Gasteiger charge is 2.22. The molecular weight excluding hydrogens is 508 g/mol. The molecule has 0 heterocycles. The third-order valence-corrected chi connectivity index (χ3v) is 5.72. The summed E-state index contributed by atoms with van der Waals surface area (Å²) in [5.41, 5.74) is -0.134. The van der Waals surface area contributed by atoms with E-state index in [1.165, 1.54) is 43.5 Å². The number of hydrogen-bond acceptors (Lipinski definition) is 8. The minimum atomic E-state index is -1.13. The number of rotatable bonds is 13. The van der Waals surface area contributed by atoms with Gasteiger partial charge in [-0.2, -0.15) is 0 Å². The molecule has 204 valence electrons. The minimum absolute atomic E-state index is 0.00152. The van der Waals surface area contributed by atoms with Gasteiger partial charge in [0.2, 0.25) is 0 Å². The zero-order valence-electron chi connectivity index (χ0n) is 21.4. The maximum absolute atomic E-state index is 13.1. The first-order chi connectivity index (χ1) is 18.7. The van der Waals surface area contributed by atoms with Gasteiger partial charge in [-0.25, -0.2) is 0 Å². The Morgan fingerprint density at radius 1 is 0.821 bits per heavy atom. The van der Waals surface area contributed by atoms with Crippen molar-refractivity contribution in [3.63, 3.8) is 0 Å². The maximum Gasteiger partial charge on any atom is 0.270 e. The van der Waals surface area contributed by atoms with Crippen LogP contribution in [0.5, 0.6) is 11.5 Å². The summed E-state index contributed by atoms with van der Waals surface area (Å²) in [5.74, 6) is -0.543. The van der Waals surface area contributed by atoms with Gasteiger partial charge in [0.25, 0.3) is 23.2 Å². The number of nitro benzene ring substituents is 2. The molecule has 0 atom stereocenters. The lowest BCUT2D eigenvalue weighted by Gasteiger charge is -2.22. The Bertz CT molecular complexity index is 1290. The van der Waals surface area contributed by atoms with Gasteiger partial charge in [0.05, 0.1) is 23.6 Å². The monoisotopic (exact) mass is 536 g/mol. The van der Waals surface area contributed by atoms with Crippen molar-refractivity contribution in [1.82, 2.24) is 10.6 Å². The molecule has 0 aliphatic heterocycles. The van der Waals surface area contributed by atoms with Crippen LogP contribution < -0.4 is 20.1 Å². The lowest BCUT2D eigenvalue weighted by Crippen LogP contribution is -2.41. The molecule has 0 saturated heterocycles. The first kappa shape index (κ1) is 28.6. The smallest absolute Gasteiger partial charge is 0.270 e. The van der Waals surface area contributed by atoms with Crippen LogP contribution in [0.25, 0.3) is 0 Å². The summed E-state index contributed by atoms with van der Waals surface area (Å²) in [4.78, 5) is 47.2. The van der Waals surface area contributed by atoms with E-state index in [4.69, 9.17) is 9.47 Å². The van der Waals surface area contributed by atoms with Crippen LogP contribution in [-0.4, -0.2) is 35.4 Å². The van der Waals surface area contributed by atoms with Gasteiger partial charge in [0.1, 0.15) is 6.17 Å².